The topological polar surface area (TPSA) is 31.2 Å². The Balaban J connectivity index is 1.08. The lowest BCUT2D eigenvalue weighted by molar-refractivity contribution is 0.653. The van der Waals surface area contributed by atoms with Crippen LogP contribution >= 0.6 is 0 Å². The lowest BCUT2D eigenvalue weighted by Crippen LogP contribution is -2.14. The Hall–Kier alpha value is -6.84. The second-order valence-corrected chi connectivity index (χ2v) is 15.3. The summed E-state index contributed by atoms with van der Waals surface area (Å²) in [5, 5.41) is 7.03. The molecule has 1 aliphatic carbocycles. The molecule has 0 N–H and O–H groups in total. The van der Waals surface area contributed by atoms with Crippen LogP contribution in [0.15, 0.2) is 173 Å². The summed E-state index contributed by atoms with van der Waals surface area (Å²) in [7, 11) is 0. The van der Waals surface area contributed by atoms with E-state index in [1.807, 2.05) is 12.1 Å². The molecule has 0 radical (unpaired) electrons. The fourth-order valence-corrected chi connectivity index (χ4v) is 9.34. The molecule has 3 heteroatoms. The van der Waals surface area contributed by atoms with E-state index in [2.05, 4.69) is 170 Å². The monoisotopic (exact) mass is 691 g/mol. The highest BCUT2D eigenvalue weighted by molar-refractivity contribution is 6.14. The van der Waals surface area contributed by atoms with E-state index in [0.717, 1.165) is 44.2 Å². The second-order valence-electron chi connectivity index (χ2n) is 15.3. The van der Waals surface area contributed by atoms with Crippen LogP contribution in [0.2, 0.25) is 0 Å². The number of hydrogen-bond acceptors (Lipinski definition) is 2. The summed E-state index contributed by atoms with van der Waals surface area (Å²) in [5.74, 6) is 0. The zero-order valence-corrected chi connectivity index (χ0v) is 29.9. The van der Waals surface area contributed by atoms with E-state index >= 15 is 0 Å². The molecule has 0 spiro atoms. The molecule has 3 heterocycles. The summed E-state index contributed by atoms with van der Waals surface area (Å²) in [4.78, 5) is 0. The van der Waals surface area contributed by atoms with Crippen LogP contribution in [0.4, 0.5) is 0 Å². The maximum absolute atomic E-state index is 6.63. The van der Waals surface area contributed by atoms with E-state index in [4.69, 9.17) is 8.83 Å². The molecular weight excluding hydrogens is 659 g/mol. The highest BCUT2D eigenvalue weighted by Gasteiger charge is 2.38. The third-order valence-electron chi connectivity index (χ3n) is 12.0. The third kappa shape index (κ3) is 4.01. The van der Waals surface area contributed by atoms with E-state index in [1.54, 1.807) is 0 Å². The predicted octanol–water partition coefficient (Wildman–Crippen LogP) is 14.2. The van der Waals surface area contributed by atoms with Gasteiger partial charge in [0.25, 0.3) is 0 Å². The first-order chi connectivity index (χ1) is 26.5. The van der Waals surface area contributed by atoms with Crippen LogP contribution in [0.1, 0.15) is 25.0 Å². The van der Waals surface area contributed by atoms with Gasteiger partial charge in [-0.05, 0) is 99.6 Å². The molecular formula is C51H33NO2. The standard InChI is InChI=1S/C51H33NO2/c1-51(2)42-21-16-32(28-41(42)49-43(51)22-20-37-35-12-6-9-15-47(35)54-50(37)49)33-18-24-45-39(27-33)38-26-31(30-10-4-3-5-11-30)17-23-44(38)52(45)34-19-25-48-40(29-34)36-13-7-8-14-46(36)53-48/h3-29H,1-2H3. The number of furan rings is 2. The average Bonchev–Trinajstić information content (AvgIpc) is 3.94. The van der Waals surface area contributed by atoms with Gasteiger partial charge in [-0.2, -0.15) is 0 Å². The van der Waals surface area contributed by atoms with Gasteiger partial charge in [0.2, 0.25) is 0 Å². The zero-order valence-electron chi connectivity index (χ0n) is 29.9. The van der Waals surface area contributed by atoms with Gasteiger partial charge in [-0.3, -0.25) is 0 Å². The summed E-state index contributed by atoms with van der Waals surface area (Å²) in [6.45, 7) is 4.67. The van der Waals surface area contributed by atoms with Gasteiger partial charge >= 0.3 is 0 Å². The molecule has 54 heavy (non-hydrogen) atoms. The van der Waals surface area contributed by atoms with E-state index < -0.39 is 0 Å². The molecule has 0 saturated carbocycles. The number of aromatic nitrogens is 1. The summed E-state index contributed by atoms with van der Waals surface area (Å²) in [6, 6.07) is 59.3. The Morgan fingerprint density at radius 1 is 0.407 bits per heavy atom. The first-order valence-electron chi connectivity index (χ1n) is 18.7. The van der Waals surface area contributed by atoms with Gasteiger partial charge in [0, 0.05) is 49.0 Å². The highest BCUT2D eigenvalue weighted by Crippen LogP contribution is 2.53. The summed E-state index contributed by atoms with van der Waals surface area (Å²) in [5.41, 5.74) is 17.0. The summed E-state index contributed by atoms with van der Waals surface area (Å²) >= 11 is 0. The molecule has 0 amide bonds. The third-order valence-corrected chi connectivity index (χ3v) is 12.0. The minimum atomic E-state index is -0.136. The number of para-hydroxylation sites is 2. The van der Waals surface area contributed by atoms with Crippen LogP contribution < -0.4 is 0 Å². The molecule has 11 aromatic rings. The van der Waals surface area contributed by atoms with Crippen LogP contribution in [0.5, 0.6) is 0 Å². The van der Waals surface area contributed by atoms with Gasteiger partial charge in [-0.1, -0.05) is 117 Å². The Morgan fingerprint density at radius 3 is 1.76 bits per heavy atom. The molecule has 3 aromatic heterocycles. The molecule has 254 valence electrons. The average molecular weight is 692 g/mol. The quantitative estimate of drug-likeness (QED) is 0.185. The fourth-order valence-electron chi connectivity index (χ4n) is 9.34. The Bertz CT molecular complexity index is 3350. The van der Waals surface area contributed by atoms with Crippen molar-refractivity contribution in [1.29, 1.82) is 0 Å². The largest absolute Gasteiger partial charge is 0.456 e. The molecule has 8 aromatic carbocycles. The molecule has 0 aliphatic heterocycles. The van der Waals surface area contributed by atoms with Gasteiger partial charge in [-0.15, -0.1) is 0 Å². The van der Waals surface area contributed by atoms with Crippen LogP contribution in [0, 0.1) is 0 Å². The van der Waals surface area contributed by atoms with Crippen molar-refractivity contribution in [3.05, 3.63) is 175 Å². The summed E-state index contributed by atoms with van der Waals surface area (Å²) < 4.78 is 15.3. The highest BCUT2D eigenvalue weighted by atomic mass is 16.3. The van der Waals surface area contributed by atoms with Crippen LogP contribution in [0.3, 0.4) is 0 Å². The molecule has 0 atom stereocenters. The maximum atomic E-state index is 6.63. The second kappa shape index (κ2) is 10.6. The van der Waals surface area contributed by atoms with Gasteiger partial charge in [0.05, 0.1) is 11.0 Å². The van der Waals surface area contributed by atoms with Crippen LogP contribution in [-0.2, 0) is 5.41 Å². The first kappa shape index (κ1) is 29.7. The normalized spacial score (nSPS) is 13.5. The minimum absolute atomic E-state index is 0.136. The smallest absolute Gasteiger partial charge is 0.143 e. The fraction of sp³-hybridized carbons (Fsp3) is 0.0588. The van der Waals surface area contributed by atoms with Crippen LogP contribution in [-0.4, -0.2) is 4.57 Å². The van der Waals surface area contributed by atoms with Crippen molar-refractivity contribution in [3.8, 4) is 39.1 Å². The SMILES string of the molecule is CC1(C)c2ccc(-c3ccc4c(c3)c3cc(-c5ccccc5)ccc3n4-c3ccc4oc5ccccc5c4c3)cc2-c2c1ccc1c2oc2ccccc21. The minimum Gasteiger partial charge on any atom is -0.456 e. The molecule has 1 aliphatic rings. The number of benzene rings is 8. The summed E-state index contributed by atoms with van der Waals surface area (Å²) in [6.07, 6.45) is 0. The van der Waals surface area contributed by atoms with Crippen molar-refractivity contribution in [1.82, 2.24) is 4.57 Å². The molecule has 12 rings (SSSR count). The Morgan fingerprint density at radius 2 is 1.00 bits per heavy atom. The van der Waals surface area contributed by atoms with Crippen molar-refractivity contribution >= 4 is 65.7 Å². The van der Waals surface area contributed by atoms with Crippen molar-refractivity contribution in [2.45, 2.75) is 19.3 Å². The molecule has 0 bridgehead atoms. The Labute approximate surface area is 311 Å². The number of nitrogens with zero attached hydrogens (tertiary/aromatic N) is 1. The first-order valence-corrected chi connectivity index (χ1v) is 18.7. The molecule has 0 unspecified atom stereocenters. The molecule has 3 nitrogen and oxygen atoms in total. The van der Waals surface area contributed by atoms with Crippen molar-refractivity contribution in [3.63, 3.8) is 0 Å². The molecule has 0 fully saturated rings. The van der Waals surface area contributed by atoms with Crippen LogP contribution in [0.25, 0.3) is 105 Å². The maximum Gasteiger partial charge on any atom is 0.143 e. The van der Waals surface area contributed by atoms with Gasteiger partial charge < -0.3 is 13.4 Å². The molecule has 0 saturated heterocycles. The van der Waals surface area contributed by atoms with Crippen molar-refractivity contribution < 1.29 is 8.83 Å². The van der Waals surface area contributed by atoms with Crippen molar-refractivity contribution in [2.24, 2.45) is 0 Å². The van der Waals surface area contributed by atoms with E-state index in [9.17, 15) is 0 Å². The van der Waals surface area contributed by atoms with Gasteiger partial charge in [0.15, 0.2) is 0 Å². The number of rotatable bonds is 3. The van der Waals surface area contributed by atoms with E-state index in [1.165, 1.54) is 71.7 Å². The van der Waals surface area contributed by atoms with Gasteiger partial charge in [0.1, 0.15) is 22.3 Å². The lowest BCUT2D eigenvalue weighted by Gasteiger charge is -2.21. The Kier molecular flexibility index (Phi) is 5.84. The van der Waals surface area contributed by atoms with Gasteiger partial charge in [-0.25, -0.2) is 0 Å². The van der Waals surface area contributed by atoms with Crippen molar-refractivity contribution in [2.75, 3.05) is 0 Å². The number of hydrogen-bond donors (Lipinski definition) is 0. The number of fused-ring (bicyclic) bond motifs is 13. The lowest BCUT2D eigenvalue weighted by atomic mass is 9.82. The van der Waals surface area contributed by atoms with E-state index in [0.29, 0.717) is 0 Å². The predicted molar refractivity (Wildman–Crippen MR) is 224 cm³/mol. The van der Waals surface area contributed by atoms with E-state index in [-0.39, 0.29) is 5.41 Å². The zero-order chi connectivity index (χ0) is 35.7.